The first-order chi connectivity index (χ1) is 9.63. The van der Waals surface area contributed by atoms with Gasteiger partial charge in [-0.3, -0.25) is 0 Å². The van der Waals surface area contributed by atoms with Gasteiger partial charge in [0.2, 0.25) is 6.79 Å². The van der Waals surface area contributed by atoms with Gasteiger partial charge < -0.3 is 19.9 Å². The maximum Gasteiger partial charge on any atom is 0.231 e. The van der Waals surface area contributed by atoms with Crippen LogP contribution < -0.4 is 14.8 Å². The molecule has 0 spiro atoms. The largest absolute Gasteiger partial charge is 0.507 e. The van der Waals surface area contributed by atoms with Crippen LogP contribution in [0.1, 0.15) is 11.1 Å². The zero-order chi connectivity index (χ0) is 14.1. The van der Waals surface area contributed by atoms with Gasteiger partial charge in [0.05, 0.1) is 11.9 Å². The first kappa shape index (κ1) is 13.1. The van der Waals surface area contributed by atoms with Crippen molar-refractivity contribution >= 4 is 21.6 Å². The molecule has 0 atom stereocenters. The number of halogens is 1. The fourth-order valence-electron chi connectivity index (χ4n) is 1.97. The number of fused-ring (bicyclic) bond motifs is 1. The van der Waals surface area contributed by atoms with Gasteiger partial charge in [0.15, 0.2) is 11.5 Å². The number of nitrogens with one attached hydrogen (secondary N) is 1. The molecule has 0 aliphatic carbocycles. The third-order valence-corrected chi connectivity index (χ3v) is 3.90. The van der Waals surface area contributed by atoms with E-state index >= 15 is 0 Å². The zero-order valence-electron chi connectivity index (χ0n) is 10.8. The van der Waals surface area contributed by atoms with Crippen LogP contribution in [-0.4, -0.2) is 16.9 Å². The van der Waals surface area contributed by atoms with Crippen molar-refractivity contribution in [2.75, 3.05) is 12.1 Å². The number of rotatable bonds is 3. The lowest BCUT2D eigenvalue weighted by molar-refractivity contribution is 0.174. The summed E-state index contributed by atoms with van der Waals surface area (Å²) in [5.41, 5.74) is 2.68. The summed E-state index contributed by atoms with van der Waals surface area (Å²) >= 11 is 3.36. The van der Waals surface area contributed by atoms with Gasteiger partial charge in [0, 0.05) is 18.2 Å². The third kappa shape index (κ3) is 2.51. The summed E-state index contributed by atoms with van der Waals surface area (Å²) < 4.78 is 11.3. The SMILES string of the molecule is Cc1cc(NCc2cc3c(cc2O)OCO3)cnc1Br. The predicted octanol–water partition coefficient (Wildman–Crippen LogP) is 3.20. The van der Waals surface area contributed by atoms with Crippen LogP contribution in [0.2, 0.25) is 0 Å². The summed E-state index contributed by atoms with van der Waals surface area (Å²) in [6.07, 6.45) is 1.74. The molecule has 1 aliphatic rings. The Labute approximate surface area is 124 Å². The highest BCUT2D eigenvalue weighted by atomic mass is 79.9. The molecule has 1 aliphatic heterocycles. The third-order valence-electron chi connectivity index (χ3n) is 3.07. The number of nitrogens with zero attached hydrogens (tertiary/aromatic N) is 1. The van der Waals surface area contributed by atoms with Crippen molar-refractivity contribution in [2.45, 2.75) is 13.5 Å². The molecule has 0 saturated carbocycles. The Balaban J connectivity index is 1.76. The molecular weight excluding hydrogens is 324 g/mol. The second kappa shape index (κ2) is 5.20. The van der Waals surface area contributed by atoms with Crippen LogP contribution in [0.25, 0.3) is 0 Å². The molecule has 0 unspecified atom stereocenters. The molecule has 0 radical (unpaired) electrons. The Morgan fingerprint density at radius 1 is 1.30 bits per heavy atom. The minimum absolute atomic E-state index is 0.184. The van der Waals surface area contributed by atoms with Crippen LogP contribution in [0.5, 0.6) is 17.2 Å². The second-order valence-electron chi connectivity index (χ2n) is 4.52. The van der Waals surface area contributed by atoms with E-state index in [0.29, 0.717) is 18.0 Å². The molecule has 104 valence electrons. The van der Waals surface area contributed by atoms with Crippen molar-refractivity contribution in [1.82, 2.24) is 4.98 Å². The monoisotopic (exact) mass is 336 g/mol. The van der Waals surface area contributed by atoms with Crippen molar-refractivity contribution in [2.24, 2.45) is 0 Å². The van der Waals surface area contributed by atoms with E-state index in [1.807, 2.05) is 13.0 Å². The number of ether oxygens (including phenoxy) is 2. The van der Waals surface area contributed by atoms with Gasteiger partial charge in [0.1, 0.15) is 10.4 Å². The number of anilines is 1. The van der Waals surface area contributed by atoms with Crippen molar-refractivity contribution in [3.05, 3.63) is 40.1 Å². The fraction of sp³-hybridized carbons (Fsp3) is 0.214. The summed E-state index contributed by atoms with van der Waals surface area (Å²) in [5.74, 6) is 1.42. The molecule has 0 amide bonds. The number of phenolic OH excluding ortho intramolecular Hbond substituents is 1. The minimum atomic E-state index is 0.184. The highest BCUT2D eigenvalue weighted by Gasteiger charge is 2.16. The van der Waals surface area contributed by atoms with Crippen LogP contribution in [0.3, 0.4) is 0 Å². The van der Waals surface area contributed by atoms with Crippen molar-refractivity contribution < 1.29 is 14.6 Å². The number of phenols is 1. The topological polar surface area (TPSA) is 63.6 Å². The molecule has 3 rings (SSSR count). The Hall–Kier alpha value is -1.95. The minimum Gasteiger partial charge on any atom is -0.507 e. The standard InChI is InChI=1S/C14H13BrN2O3/c1-8-2-10(6-17-14(8)15)16-5-9-3-12-13(4-11(9)18)20-7-19-12/h2-4,6,16,18H,5,7H2,1H3. The molecule has 1 aromatic heterocycles. The lowest BCUT2D eigenvalue weighted by atomic mass is 10.1. The molecule has 5 nitrogen and oxygen atoms in total. The van der Waals surface area contributed by atoms with E-state index in [2.05, 4.69) is 26.2 Å². The predicted molar refractivity (Wildman–Crippen MR) is 78.2 cm³/mol. The van der Waals surface area contributed by atoms with Gasteiger partial charge >= 0.3 is 0 Å². The lowest BCUT2D eigenvalue weighted by Crippen LogP contribution is -2.01. The Morgan fingerprint density at radius 3 is 2.80 bits per heavy atom. The number of hydrogen-bond donors (Lipinski definition) is 2. The van der Waals surface area contributed by atoms with E-state index in [4.69, 9.17) is 9.47 Å². The molecule has 20 heavy (non-hydrogen) atoms. The van der Waals surface area contributed by atoms with Crippen LogP contribution in [0, 0.1) is 6.92 Å². The van der Waals surface area contributed by atoms with Gasteiger partial charge in [-0.05, 0) is 40.5 Å². The normalized spacial score (nSPS) is 12.5. The first-order valence-electron chi connectivity index (χ1n) is 6.11. The van der Waals surface area contributed by atoms with Gasteiger partial charge in [-0.15, -0.1) is 0 Å². The van der Waals surface area contributed by atoms with E-state index in [9.17, 15) is 5.11 Å². The van der Waals surface area contributed by atoms with Crippen molar-refractivity contribution in [1.29, 1.82) is 0 Å². The fourth-order valence-corrected chi connectivity index (χ4v) is 2.18. The van der Waals surface area contributed by atoms with Gasteiger partial charge in [-0.2, -0.15) is 0 Å². The Kier molecular flexibility index (Phi) is 3.40. The highest BCUT2D eigenvalue weighted by Crippen LogP contribution is 2.37. The maximum absolute atomic E-state index is 9.95. The van der Waals surface area contributed by atoms with E-state index < -0.39 is 0 Å². The second-order valence-corrected chi connectivity index (χ2v) is 5.27. The van der Waals surface area contributed by atoms with Crippen molar-refractivity contribution in [3.63, 3.8) is 0 Å². The maximum atomic E-state index is 9.95. The lowest BCUT2D eigenvalue weighted by Gasteiger charge is -2.10. The van der Waals surface area contributed by atoms with Gasteiger partial charge in [0.25, 0.3) is 0 Å². The number of aryl methyl sites for hydroxylation is 1. The first-order valence-corrected chi connectivity index (χ1v) is 6.90. The number of benzene rings is 1. The van der Waals surface area contributed by atoms with Crippen LogP contribution in [0.15, 0.2) is 29.0 Å². The molecule has 0 bridgehead atoms. The van der Waals surface area contributed by atoms with Gasteiger partial charge in [-0.25, -0.2) is 4.98 Å². The number of aromatic hydroxyl groups is 1. The summed E-state index contributed by atoms with van der Waals surface area (Å²) in [5, 5.41) is 13.2. The van der Waals surface area contributed by atoms with E-state index in [1.54, 1.807) is 18.3 Å². The average molecular weight is 337 g/mol. The summed E-state index contributed by atoms with van der Waals surface area (Å²) in [6.45, 7) is 2.65. The molecular formula is C14H13BrN2O3. The van der Waals surface area contributed by atoms with Crippen LogP contribution in [-0.2, 0) is 6.54 Å². The summed E-state index contributed by atoms with van der Waals surface area (Å²) in [4.78, 5) is 4.22. The quantitative estimate of drug-likeness (QED) is 0.842. The molecule has 0 fully saturated rings. The number of aromatic nitrogens is 1. The highest BCUT2D eigenvalue weighted by molar-refractivity contribution is 9.10. The molecule has 2 heterocycles. The molecule has 0 saturated heterocycles. The number of hydrogen-bond acceptors (Lipinski definition) is 5. The Bertz CT molecular complexity index is 661. The van der Waals surface area contributed by atoms with Crippen molar-refractivity contribution in [3.8, 4) is 17.2 Å². The van der Waals surface area contributed by atoms with Gasteiger partial charge in [-0.1, -0.05) is 0 Å². The van der Waals surface area contributed by atoms with E-state index in [1.165, 1.54) is 0 Å². The zero-order valence-corrected chi connectivity index (χ0v) is 12.4. The Morgan fingerprint density at radius 2 is 2.05 bits per heavy atom. The summed E-state index contributed by atoms with van der Waals surface area (Å²) in [6, 6.07) is 5.34. The van der Waals surface area contributed by atoms with Crippen LogP contribution in [0.4, 0.5) is 5.69 Å². The molecule has 2 N–H and O–H groups in total. The van der Waals surface area contributed by atoms with E-state index in [-0.39, 0.29) is 12.5 Å². The molecule has 6 heteroatoms. The molecule has 1 aromatic carbocycles. The van der Waals surface area contributed by atoms with Crippen LogP contribution >= 0.6 is 15.9 Å². The molecule has 2 aromatic rings. The smallest absolute Gasteiger partial charge is 0.231 e. The van der Waals surface area contributed by atoms with E-state index in [0.717, 1.165) is 21.4 Å². The summed E-state index contributed by atoms with van der Waals surface area (Å²) in [7, 11) is 0. The number of pyridine rings is 1. The average Bonchev–Trinajstić information content (AvgIpc) is 2.87.